The third-order valence-corrected chi connectivity index (χ3v) is 11.3. The average Bonchev–Trinajstić information content (AvgIpc) is 3.98. The molecule has 10 heteroatoms. The Morgan fingerprint density at radius 1 is 0.396 bits per heavy atom. The topological polar surface area (TPSA) is 57.0 Å². The SMILES string of the molecule is c1ccc(N(c2ccccc2)c2ccc(-c3c4c(c(-c5ccc(N(c6ccccc6)c6ccccc6)s5)c5nsnc35)N=S=N4)s2)cc1. The number of thiophene rings is 2. The Kier molecular flexibility index (Phi) is 7.47. The first-order chi connectivity index (χ1) is 23.8. The number of anilines is 6. The van der Waals surface area contributed by atoms with Crippen LogP contribution in [0.4, 0.5) is 44.1 Å². The van der Waals surface area contributed by atoms with Crippen molar-refractivity contribution in [1.82, 2.24) is 8.75 Å². The molecule has 8 aromatic rings. The zero-order chi connectivity index (χ0) is 31.9. The second-order valence-electron chi connectivity index (χ2n) is 11.0. The molecular weight excluding hydrogens is 669 g/mol. The molecule has 0 fully saturated rings. The molecule has 0 unspecified atom stereocenters. The quantitative estimate of drug-likeness (QED) is 0.159. The van der Waals surface area contributed by atoms with Crippen LogP contribution in [0.5, 0.6) is 0 Å². The van der Waals surface area contributed by atoms with E-state index in [0.29, 0.717) is 0 Å². The van der Waals surface area contributed by atoms with Crippen LogP contribution < -0.4 is 9.80 Å². The van der Waals surface area contributed by atoms with E-state index in [9.17, 15) is 0 Å². The van der Waals surface area contributed by atoms with Crippen molar-refractivity contribution in [1.29, 1.82) is 0 Å². The lowest BCUT2D eigenvalue weighted by Gasteiger charge is -2.23. The molecule has 48 heavy (non-hydrogen) atoms. The molecule has 230 valence electrons. The molecule has 1 aliphatic heterocycles. The lowest BCUT2D eigenvalue weighted by molar-refractivity contribution is 1.32. The number of hydrogen-bond acceptors (Lipinski definition) is 9. The van der Waals surface area contributed by atoms with E-state index in [1.54, 1.807) is 22.7 Å². The molecular formula is C38H24N6S4. The highest BCUT2D eigenvalue weighted by Gasteiger charge is 2.29. The third kappa shape index (κ3) is 5.06. The summed E-state index contributed by atoms with van der Waals surface area (Å²) in [6, 6.07) is 50.6. The van der Waals surface area contributed by atoms with Gasteiger partial charge in [0.1, 0.15) is 32.4 Å². The molecule has 0 N–H and O–H groups in total. The Morgan fingerprint density at radius 2 is 0.750 bits per heavy atom. The molecule has 0 saturated heterocycles. The van der Waals surface area contributed by atoms with Crippen molar-refractivity contribution in [3.8, 4) is 20.9 Å². The lowest BCUT2D eigenvalue weighted by Crippen LogP contribution is -2.07. The molecule has 0 bridgehead atoms. The summed E-state index contributed by atoms with van der Waals surface area (Å²) in [4.78, 5) is 6.73. The number of hydrogen-bond donors (Lipinski definition) is 0. The summed E-state index contributed by atoms with van der Waals surface area (Å²) in [6.45, 7) is 0. The summed E-state index contributed by atoms with van der Waals surface area (Å²) in [5, 5.41) is 2.20. The van der Waals surface area contributed by atoms with Gasteiger partial charge >= 0.3 is 0 Å². The maximum absolute atomic E-state index is 4.87. The summed E-state index contributed by atoms with van der Waals surface area (Å²) in [5.74, 6) is 0. The second-order valence-corrected chi connectivity index (χ2v) is 14.1. The minimum absolute atomic E-state index is 0.854. The van der Waals surface area contributed by atoms with Gasteiger partial charge < -0.3 is 9.80 Å². The van der Waals surface area contributed by atoms with Crippen LogP contribution in [0.15, 0.2) is 154 Å². The number of aromatic nitrogens is 2. The zero-order valence-corrected chi connectivity index (χ0v) is 28.4. The highest BCUT2D eigenvalue weighted by molar-refractivity contribution is 7.58. The van der Waals surface area contributed by atoms with E-state index < -0.39 is 0 Å². The Balaban J connectivity index is 1.17. The van der Waals surface area contributed by atoms with E-state index in [-0.39, 0.29) is 0 Å². The summed E-state index contributed by atoms with van der Waals surface area (Å²) >= 11 is 5.91. The van der Waals surface area contributed by atoms with Crippen LogP contribution in [0.2, 0.25) is 0 Å². The van der Waals surface area contributed by atoms with Crippen molar-refractivity contribution in [2.45, 2.75) is 0 Å². The summed E-state index contributed by atoms with van der Waals surface area (Å²) in [5.41, 5.74) is 9.78. The predicted octanol–water partition coefficient (Wildman–Crippen LogP) is 12.8. The fraction of sp³-hybridized carbons (Fsp3) is 0. The standard InChI is InChI=1S/C38H24N6S4/c1-5-13-25(14-6-1)43(26-15-7-2-8-16-26)31-23-21-29(45-31)33-35-37(41-47-39-35)34(38-36(33)40-48-42-38)30-22-24-32(46-30)44(27-17-9-3-10-18-27)28-19-11-4-12-20-28/h1-24H. The first-order valence-electron chi connectivity index (χ1n) is 15.2. The number of nitrogens with zero attached hydrogens (tertiary/aromatic N) is 6. The van der Waals surface area contributed by atoms with Crippen LogP contribution in [0, 0.1) is 0 Å². The Bertz CT molecular complexity index is 2200. The van der Waals surface area contributed by atoms with E-state index in [2.05, 4.69) is 131 Å². The first-order valence-corrected chi connectivity index (χ1v) is 18.3. The third-order valence-electron chi connectivity index (χ3n) is 8.10. The van der Waals surface area contributed by atoms with Crippen molar-refractivity contribution in [2.24, 2.45) is 8.73 Å². The molecule has 1 aliphatic rings. The van der Waals surface area contributed by atoms with Gasteiger partial charge in [-0.15, -0.1) is 22.7 Å². The molecule has 0 amide bonds. The van der Waals surface area contributed by atoms with Crippen LogP contribution in [-0.4, -0.2) is 8.75 Å². The van der Waals surface area contributed by atoms with Crippen LogP contribution in [0.3, 0.4) is 0 Å². The van der Waals surface area contributed by atoms with Crippen molar-refractivity contribution < 1.29 is 0 Å². The maximum atomic E-state index is 4.87. The van der Waals surface area contributed by atoms with Gasteiger partial charge in [0.15, 0.2) is 0 Å². The smallest absolute Gasteiger partial charge is 0.116 e. The van der Waals surface area contributed by atoms with E-state index in [4.69, 9.17) is 17.5 Å². The molecule has 4 heterocycles. The van der Waals surface area contributed by atoms with Gasteiger partial charge in [-0.25, -0.2) is 0 Å². The lowest BCUT2D eigenvalue weighted by atomic mass is 10.0. The number of benzene rings is 5. The average molecular weight is 693 g/mol. The maximum Gasteiger partial charge on any atom is 0.116 e. The van der Waals surface area contributed by atoms with E-state index in [1.165, 1.54) is 23.1 Å². The molecule has 0 saturated carbocycles. The highest BCUT2D eigenvalue weighted by Crippen LogP contribution is 2.55. The zero-order valence-electron chi connectivity index (χ0n) is 25.2. The van der Waals surface area contributed by atoms with Crippen molar-refractivity contribution in [2.75, 3.05) is 9.80 Å². The van der Waals surface area contributed by atoms with Gasteiger partial charge in [0, 0.05) is 43.6 Å². The highest BCUT2D eigenvalue weighted by atomic mass is 32.1. The summed E-state index contributed by atoms with van der Waals surface area (Å²) in [7, 11) is 0. The Morgan fingerprint density at radius 3 is 1.10 bits per heavy atom. The van der Waals surface area contributed by atoms with Gasteiger partial charge in [-0.1, -0.05) is 72.8 Å². The summed E-state index contributed by atoms with van der Waals surface area (Å²) < 4.78 is 19.5. The molecule has 0 aliphatic carbocycles. The second kappa shape index (κ2) is 12.4. The minimum atomic E-state index is 0.854. The van der Waals surface area contributed by atoms with E-state index >= 15 is 0 Å². The normalized spacial score (nSPS) is 11.8. The fourth-order valence-corrected chi connectivity index (χ4v) is 9.31. The van der Waals surface area contributed by atoms with Gasteiger partial charge in [0.2, 0.25) is 0 Å². The molecule has 9 rings (SSSR count). The minimum Gasteiger partial charge on any atom is -0.302 e. The fourth-order valence-electron chi connectivity index (χ4n) is 6.00. The largest absolute Gasteiger partial charge is 0.302 e. The number of rotatable bonds is 8. The molecule has 5 aromatic carbocycles. The monoisotopic (exact) mass is 692 g/mol. The number of fused-ring (bicyclic) bond motifs is 2. The Labute approximate surface area is 293 Å². The first kappa shape index (κ1) is 28.9. The molecule has 0 atom stereocenters. The van der Waals surface area contributed by atoms with Crippen LogP contribution >= 0.6 is 34.4 Å². The van der Waals surface area contributed by atoms with Crippen molar-refractivity contribution in [3.63, 3.8) is 0 Å². The van der Waals surface area contributed by atoms with Crippen LogP contribution in [0.1, 0.15) is 0 Å². The van der Waals surface area contributed by atoms with Crippen molar-refractivity contribution >= 4 is 101 Å². The number of para-hydroxylation sites is 4. The van der Waals surface area contributed by atoms with Gasteiger partial charge in [0.05, 0.1) is 23.1 Å². The van der Waals surface area contributed by atoms with Crippen molar-refractivity contribution in [3.05, 3.63) is 146 Å². The molecule has 0 spiro atoms. The van der Waals surface area contributed by atoms with E-state index in [1.807, 2.05) is 24.3 Å². The van der Waals surface area contributed by atoms with E-state index in [0.717, 1.165) is 76.0 Å². The van der Waals surface area contributed by atoms with Gasteiger partial charge in [-0.2, -0.15) is 17.5 Å². The van der Waals surface area contributed by atoms with Gasteiger partial charge in [-0.3, -0.25) is 0 Å². The van der Waals surface area contributed by atoms with Crippen LogP contribution in [0.25, 0.3) is 31.9 Å². The molecule has 6 nitrogen and oxygen atoms in total. The van der Waals surface area contributed by atoms with Crippen LogP contribution in [-0.2, 0) is 11.4 Å². The van der Waals surface area contributed by atoms with Gasteiger partial charge in [-0.05, 0) is 72.8 Å². The Hall–Kier alpha value is -5.26. The predicted molar refractivity (Wildman–Crippen MR) is 205 cm³/mol. The molecule has 0 radical (unpaired) electrons. The van der Waals surface area contributed by atoms with Gasteiger partial charge in [0.25, 0.3) is 0 Å². The molecule has 3 aromatic heterocycles. The summed E-state index contributed by atoms with van der Waals surface area (Å²) in [6.07, 6.45) is 0.